The Balaban J connectivity index is 2.10. The molecule has 2 aromatic carbocycles. The lowest BCUT2D eigenvalue weighted by Gasteiger charge is -2.07. The van der Waals surface area contributed by atoms with E-state index < -0.39 is 4.92 Å². The Morgan fingerprint density at radius 3 is 2.59 bits per heavy atom. The van der Waals surface area contributed by atoms with E-state index in [0.717, 1.165) is 0 Å². The minimum absolute atomic E-state index is 0.0421. The van der Waals surface area contributed by atoms with Crippen LogP contribution in [0, 0.1) is 10.1 Å². The van der Waals surface area contributed by atoms with Crippen LogP contribution in [0.4, 0.5) is 5.69 Å². The normalized spacial score (nSPS) is 10.1. The van der Waals surface area contributed by atoms with Crippen LogP contribution in [0.2, 0.25) is 5.02 Å². The van der Waals surface area contributed by atoms with Gasteiger partial charge in [-0.15, -0.1) is 0 Å². The molecule has 0 aliphatic heterocycles. The van der Waals surface area contributed by atoms with Gasteiger partial charge in [-0.3, -0.25) is 14.9 Å². The molecule has 0 aliphatic carbocycles. The number of hydrogen-bond acceptors (Lipinski definition) is 5. The lowest BCUT2D eigenvalue weighted by Crippen LogP contribution is -2.12. The van der Waals surface area contributed by atoms with Gasteiger partial charge in [-0.05, 0) is 24.3 Å². The molecule has 22 heavy (non-hydrogen) atoms. The first-order valence-electron chi connectivity index (χ1n) is 6.26. The van der Waals surface area contributed by atoms with Crippen LogP contribution in [0.1, 0.15) is 10.4 Å². The Hall–Kier alpha value is -2.60. The highest BCUT2D eigenvalue weighted by atomic mass is 35.5. The summed E-state index contributed by atoms with van der Waals surface area (Å²) in [5, 5.41) is 11.2. The van der Waals surface area contributed by atoms with E-state index in [2.05, 4.69) is 0 Å². The molecule has 0 unspecified atom stereocenters. The number of halogens is 1. The fourth-order valence-corrected chi connectivity index (χ4v) is 2.05. The summed E-state index contributed by atoms with van der Waals surface area (Å²) in [5.41, 5.74) is 0.146. The van der Waals surface area contributed by atoms with Crippen molar-refractivity contribution in [3.63, 3.8) is 0 Å². The Labute approximate surface area is 131 Å². The van der Waals surface area contributed by atoms with E-state index in [-0.39, 0.29) is 23.8 Å². The highest BCUT2D eigenvalue weighted by Crippen LogP contribution is 2.27. The van der Waals surface area contributed by atoms with Crippen LogP contribution >= 0.6 is 11.6 Å². The van der Waals surface area contributed by atoms with Crippen molar-refractivity contribution in [2.45, 2.75) is 0 Å². The molecule has 7 heteroatoms. The Bertz CT molecular complexity index is 717. The zero-order valence-corrected chi connectivity index (χ0v) is 12.4. The van der Waals surface area contributed by atoms with E-state index >= 15 is 0 Å². The van der Waals surface area contributed by atoms with Gasteiger partial charge in [0.25, 0.3) is 0 Å². The van der Waals surface area contributed by atoms with E-state index in [4.69, 9.17) is 21.1 Å². The van der Waals surface area contributed by atoms with Crippen LogP contribution in [0.25, 0.3) is 0 Å². The van der Waals surface area contributed by atoms with E-state index in [1.54, 1.807) is 18.2 Å². The zero-order valence-electron chi connectivity index (χ0n) is 11.6. The number of benzene rings is 2. The number of carbonyl (C=O) groups is 1. The van der Waals surface area contributed by atoms with Crippen molar-refractivity contribution in [2.24, 2.45) is 0 Å². The van der Waals surface area contributed by atoms with Gasteiger partial charge in [0.05, 0.1) is 17.1 Å². The molecular weight excluding hydrogens is 310 g/mol. The first kappa shape index (κ1) is 15.8. The molecule has 0 spiro atoms. The molecule has 0 saturated carbocycles. The molecule has 0 saturated heterocycles. The number of nitrogens with zero attached hydrogens (tertiary/aromatic N) is 1. The average Bonchev–Trinajstić information content (AvgIpc) is 2.52. The molecular formula is C15H12ClNO5. The summed E-state index contributed by atoms with van der Waals surface area (Å²) in [5.74, 6) is 0.154. The first-order valence-corrected chi connectivity index (χ1v) is 6.63. The molecule has 0 bridgehead atoms. The summed E-state index contributed by atoms with van der Waals surface area (Å²) in [6.07, 6.45) is 0. The maximum absolute atomic E-state index is 12.1. The van der Waals surface area contributed by atoms with E-state index in [9.17, 15) is 14.9 Å². The monoisotopic (exact) mass is 321 g/mol. The van der Waals surface area contributed by atoms with Gasteiger partial charge in [-0.25, -0.2) is 0 Å². The van der Waals surface area contributed by atoms with Gasteiger partial charge >= 0.3 is 5.69 Å². The summed E-state index contributed by atoms with van der Waals surface area (Å²) in [7, 11) is 1.47. The number of ether oxygens (including phenoxy) is 2. The summed E-state index contributed by atoms with van der Waals surface area (Å²) in [6.45, 7) is -0.326. The smallest absolute Gasteiger partial charge is 0.310 e. The molecule has 0 N–H and O–H groups in total. The Morgan fingerprint density at radius 2 is 1.95 bits per heavy atom. The van der Waals surface area contributed by atoms with Crippen LogP contribution in [0.15, 0.2) is 42.5 Å². The third kappa shape index (κ3) is 3.53. The quantitative estimate of drug-likeness (QED) is 0.462. The van der Waals surface area contributed by atoms with Gasteiger partial charge in [-0.1, -0.05) is 23.7 Å². The third-order valence-corrected chi connectivity index (χ3v) is 3.19. The number of Topliss-reactive ketones (excluding diaryl/α,β-unsaturated/α-hetero) is 1. The second-order valence-electron chi connectivity index (χ2n) is 4.29. The highest BCUT2D eigenvalue weighted by Gasteiger charge is 2.16. The van der Waals surface area contributed by atoms with Gasteiger partial charge in [0, 0.05) is 11.6 Å². The van der Waals surface area contributed by atoms with Crippen molar-refractivity contribution in [3.05, 3.63) is 63.2 Å². The molecule has 0 heterocycles. The number of rotatable bonds is 6. The summed E-state index contributed by atoms with van der Waals surface area (Å²) >= 11 is 5.95. The van der Waals surface area contributed by atoms with Gasteiger partial charge in [0.15, 0.2) is 18.1 Å². The van der Waals surface area contributed by atoms with Crippen molar-refractivity contribution in [1.29, 1.82) is 0 Å². The molecule has 2 rings (SSSR count). The third-order valence-electron chi connectivity index (χ3n) is 2.89. The first-order chi connectivity index (χ1) is 10.5. The maximum atomic E-state index is 12.1. The van der Waals surface area contributed by atoms with Crippen molar-refractivity contribution in [3.8, 4) is 11.5 Å². The standard InChI is InChI=1S/C15H12ClNO5/c1-21-14-7-6-10(8-11(14)16)13(18)9-22-15-5-3-2-4-12(15)17(19)20/h2-8H,9H2,1H3. The molecule has 6 nitrogen and oxygen atoms in total. The van der Waals surface area contributed by atoms with E-state index in [0.29, 0.717) is 16.3 Å². The molecule has 114 valence electrons. The lowest BCUT2D eigenvalue weighted by atomic mass is 10.1. The average molecular weight is 322 g/mol. The number of methoxy groups -OCH3 is 1. The zero-order chi connectivity index (χ0) is 16.1. The van der Waals surface area contributed by atoms with Gasteiger partial charge in [-0.2, -0.15) is 0 Å². The Kier molecular flexibility index (Phi) is 4.95. The summed E-state index contributed by atoms with van der Waals surface area (Å²) in [4.78, 5) is 22.4. The number of carbonyl (C=O) groups excluding carboxylic acids is 1. The largest absolute Gasteiger partial charge is 0.495 e. The van der Waals surface area contributed by atoms with Gasteiger partial charge in [0.1, 0.15) is 5.75 Å². The molecule has 0 atom stereocenters. The molecule has 0 amide bonds. The SMILES string of the molecule is COc1ccc(C(=O)COc2ccccc2[N+](=O)[O-])cc1Cl. The van der Waals surface area contributed by atoms with Gasteiger partial charge < -0.3 is 9.47 Å². The fraction of sp³-hybridized carbons (Fsp3) is 0.133. The number of ketones is 1. The second-order valence-corrected chi connectivity index (χ2v) is 4.69. The van der Waals surface area contributed by atoms with Crippen LogP contribution in [-0.4, -0.2) is 24.4 Å². The predicted octanol–water partition coefficient (Wildman–Crippen LogP) is 3.52. The van der Waals surface area contributed by atoms with Crippen molar-refractivity contribution in [1.82, 2.24) is 0 Å². The lowest BCUT2D eigenvalue weighted by molar-refractivity contribution is -0.385. The topological polar surface area (TPSA) is 78.7 Å². The molecule has 0 aromatic heterocycles. The van der Waals surface area contributed by atoms with Crippen LogP contribution < -0.4 is 9.47 Å². The van der Waals surface area contributed by atoms with Crippen LogP contribution in [-0.2, 0) is 0 Å². The van der Waals surface area contributed by atoms with Crippen molar-refractivity contribution in [2.75, 3.05) is 13.7 Å². The maximum Gasteiger partial charge on any atom is 0.310 e. The number of hydrogen-bond donors (Lipinski definition) is 0. The van der Waals surface area contributed by atoms with Crippen LogP contribution in [0.5, 0.6) is 11.5 Å². The van der Waals surface area contributed by atoms with E-state index in [1.807, 2.05) is 0 Å². The fourth-order valence-electron chi connectivity index (χ4n) is 1.80. The Morgan fingerprint density at radius 1 is 1.23 bits per heavy atom. The number of nitro benzene ring substituents is 1. The minimum atomic E-state index is -0.565. The molecule has 0 fully saturated rings. The number of nitro groups is 1. The predicted molar refractivity (Wildman–Crippen MR) is 80.9 cm³/mol. The van der Waals surface area contributed by atoms with Crippen LogP contribution in [0.3, 0.4) is 0 Å². The van der Waals surface area contributed by atoms with Gasteiger partial charge in [0.2, 0.25) is 0 Å². The summed E-state index contributed by atoms with van der Waals surface area (Å²) in [6, 6.07) is 10.4. The number of para-hydroxylation sites is 2. The second kappa shape index (κ2) is 6.91. The van der Waals surface area contributed by atoms with Crippen molar-refractivity contribution >= 4 is 23.1 Å². The highest BCUT2D eigenvalue weighted by molar-refractivity contribution is 6.32. The molecule has 2 aromatic rings. The molecule has 0 aliphatic rings. The minimum Gasteiger partial charge on any atom is -0.495 e. The molecule has 0 radical (unpaired) electrons. The van der Waals surface area contributed by atoms with Crippen molar-refractivity contribution < 1.29 is 19.2 Å². The van der Waals surface area contributed by atoms with E-state index in [1.165, 1.54) is 31.4 Å². The summed E-state index contributed by atoms with van der Waals surface area (Å²) < 4.78 is 10.2.